The molecule has 0 fully saturated rings. The van der Waals surface area contributed by atoms with Crippen LogP contribution in [-0.4, -0.2) is 18.2 Å². The molecule has 0 radical (unpaired) electrons. The van der Waals surface area contributed by atoms with Crippen molar-refractivity contribution >= 4 is 15.7 Å². The van der Waals surface area contributed by atoms with Crippen LogP contribution in [0.4, 0.5) is 10.1 Å². The van der Waals surface area contributed by atoms with Crippen LogP contribution >= 0.6 is 0 Å². The molecule has 3 rings (SSSR count). The lowest BCUT2D eigenvalue weighted by molar-refractivity contribution is 0.599. The molecular formula is C21H24FN3O2S. The van der Waals surface area contributed by atoms with E-state index in [9.17, 15) is 12.8 Å². The Morgan fingerprint density at radius 3 is 2.14 bits per heavy atom. The number of hydrogen-bond acceptors (Lipinski definition) is 3. The summed E-state index contributed by atoms with van der Waals surface area (Å²) in [5.74, 6) is -0.297. The Morgan fingerprint density at radius 1 is 1.00 bits per heavy atom. The number of rotatable bonds is 5. The number of benzene rings is 2. The fourth-order valence-corrected chi connectivity index (χ4v) is 5.17. The van der Waals surface area contributed by atoms with Crippen molar-refractivity contribution in [1.29, 1.82) is 0 Å². The summed E-state index contributed by atoms with van der Waals surface area (Å²) in [5.41, 5.74) is 5.08. The minimum atomic E-state index is -3.75. The predicted molar refractivity (Wildman–Crippen MR) is 109 cm³/mol. The Kier molecular flexibility index (Phi) is 5.30. The van der Waals surface area contributed by atoms with Gasteiger partial charge in [-0.25, -0.2) is 12.8 Å². The van der Waals surface area contributed by atoms with Gasteiger partial charge in [0.2, 0.25) is 0 Å². The molecule has 0 atom stereocenters. The quantitative estimate of drug-likeness (QED) is 0.689. The summed E-state index contributed by atoms with van der Waals surface area (Å²) < 4.78 is 43.7. The van der Waals surface area contributed by atoms with E-state index in [1.54, 1.807) is 37.6 Å². The molecule has 0 unspecified atom stereocenters. The van der Waals surface area contributed by atoms with E-state index >= 15 is 0 Å². The molecule has 1 N–H and O–H groups in total. The van der Waals surface area contributed by atoms with E-state index in [1.807, 2.05) is 26.0 Å². The molecule has 0 amide bonds. The van der Waals surface area contributed by atoms with Crippen molar-refractivity contribution in [3.05, 3.63) is 75.9 Å². The van der Waals surface area contributed by atoms with E-state index in [0.717, 1.165) is 11.1 Å². The van der Waals surface area contributed by atoms with Crippen LogP contribution in [0.1, 0.15) is 33.6 Å². The zero-order valence-electron chi connectivity index (χ0n) is 16.7. The van der Waals surface area contributed by atoms with E-state index < -0.39 is 10.0 Å². The predicted octanol–water partition coefficient (Wildman–Crippen LogP) is 4.41. The third-order valence-corrected chi connectivity index (χ3v) is 6.39. The van der Waals surface area contributed by atoms with Crippen LogP contribution in [-0.2, 0) is 16.6 Å². The summed E-state index contributed by atoms with van der Waals surface area (Å²) >= 11 is 0. The molecule has 0 spiro atoms. The van der Waals surface area contributed by atoms with E-state index in [0.29, 0.717) is 39.6 Å². The highest BCUT2D eigenvalue weighted by Gasteiger charge is 2.23. The van der Waals surface area contributed by atoms with Crippen molar-refractivity contribution in [2.75, 3.05) is 4.72 Å². The number of aryl methyl sites for hydroxylation is 4. The summed E-state index contributed by atoms with van der Waals surface area (Å²) in [7, 11) is -3.75. The van der Waals surface area contributed by atoms with Crippen LogP contribution in [0.2, 0.25) is 0 Å². The van der Waals surface area contributed by atoms with Gasteiger partial charge in [0.15, 0.2) is 0 Å². The van der Waals surface area contributed by atoms with Crippen molar-refractivity contribution in [2.45, 2.75) is 46.1 Å². The van der Waals surface area contributed by atoms with Crippen LogP contribution in [0.5, 0.6) is 0 Å². The van der Waals surface area contributed by atoms with Gasteiger partial charge in [-0.3, -0.25) is 9.40 Å². The highest BCUT2D eigenvalue weighted by atomic mass is 32.2. The number of sulfonamides is 1. The molecule has 0 saturated carbocycles. The normalized spacial score (nSPS) is 11.6. The van der Waals surface area contributed by atoms with Gasteiger partial charge < -0.3 is 0 Å². The average Bonchev–Trinajstić information content (AvgIpc) is 2.83. The fourth-order valence-electron chi connectivity index (χ4n) is 3.54. The van der Waals surface area contributed by atoms with Crippen molar-refractivity contribution in [3.63, 3.8) is 0 Å². The molecule has 0 aliphatic carbocycles. The van der Waals surface area contributed by atoms with Gasteiger partial charge >= 0.3 is 0 Å². The first-order valence-electron chi connectivity index (χ1n) is 8.97. The molecule has 0 aliphatic heterocycles. The summed E-state index contributed by atoms with van der Waals surface area (Å²) in [5, 5.41) is 4.46. The molecule has 2 aromatic carbocycles. The molecule has 0 aliphatic rings. The molecule has 0 saturated heterocycles. The van der Waals surface area contributed by atoms with Gasteiger partial charge in [0, 0.05) is 0 Å². The maximum atomic E-state index is 13.1. The molecule has 7 heteroatoms. The smallest absolute Gasteiger partial charge is 0.262 e. The Labute approximate surface area is 165 Å². The molecule has 3 aromatic rings. The van der Waals surface area contributed by atoms with Crippen LogP contribution < -0.4 is 4.72 Å². The van der Waals surface area contributed by atoms with E-state index in [4.69, 9.17) is 0 Å². The lowest BCUT2D eigenvalue weighted by atomic mass is 10.1. The second-order valence-corrected chi connectivity index (χ2v) is 8.78. The number of nitrogens with zero attached hydrogens (tertiary/aromatic N) is 2. The van der Waals surface area contributed by atoms with Gasteiger partial charge in [-0.2, -0.15) is 5.10 Å². The standard InChI is InChI=1S/C21H24FN3O2S/c1-13-10-14(2)21(15(3)11-13)28(26,27)24-20-16(4)23-25(17(20)5)12-18-6-8-19(22)9-7-18/h6-11,24H,12H2,1-5H3. The van der Waals surface area contributed by atoms with Gasteiger partial charge in [-0.05, 0) is 63.4 Å². The third-order valence-electron chi connectivity index (χ3n) is 4.74. The Morgan fingerprint density at radius 2 is 1.57 bits per heavy atom. The van der Waals surface area contributed by atoms with Crippen LogP contribution in [0.15, 0.2) is 41.3 Å². The topological polar surface area (TPSA) is 64.0 Å². The maximum Gasteiger partial charge on any atom is 0.262 e. The summed E-state index contributed by atoms with van der Waals surface area (Å²) in [6.07, 6.45) is 0. The summed E-state index contributed by atoms with van der Waals surface area (Å²) in [4.78, 5) is 0.295. The molecule has 28 heavy (non-hydrogen) atoms. The van der Waals surface area contributed by atoms with Gasteiger partial charge in [-0.1, -0.05) is 29.8 Å². The summed E-state index contributed by atoms with van der Waals surface area (Å²) in [6.45, 7) is 9.55. The first kappa shape index (κ1) is 20.1. The number of anilines is 1. The van der Waals surface area contributed by atoms with Gasteiger partial charge in [-0.15, -0.1) is 0 Å². The van der Waals surface area contributed by atoms with Crippen molar-refractivity contribution in [2.24, 2.45) is 0 Å². The van der Waals surface area contributed by atoms with Crippen molar-refractivity contribution in [1.82, 2.24) is 9.78 Å². The highest BCUT2D eigenvalue weighted by Crippen LogP contribution is 2.27. The lowest BCUT2D eigenvalue weighted by Gasteiger charge is -2.14. The molecule has 1 heterocycles. The summed E-state index contributed by atoms with van der Waals surface area (Å²) in [6, 6.07) is 9.89. The van der Waals surface area contributed by atoms with Gasteiger partial charge in [0.1, 0.15) is 5.82 Å². The Hall–Kier alpha value is -2.67. The Bertz CT molecular complexity index is 1110. The van der Waals surface area contributed by atoms with Gasteiger partial charge in [0.25, 0.3) is 10.0 Å². The van der Waals surface area contributed by atoms with Gasteiger partial charge in [0.05, 0.1) is 28.5 Å². The van der Waals surface area contributed by atoms with E-state index in [1.165, 1.54) is 12.1 Å². The number of hydrogen-bond donors (Lipinski definition) is 1. The minimum absolute atomic E-state index is 0.295. The third kappa shape index (κ3) is 3.94. The SMILES string of the molecule is Cc1cc(C)c(S(=O)(=O)Nc2c(C)nn(Cc3ccc(F)cc3)c2C)c(C)c1. The average molecular weight is 402 g/mol. The zero-order valence-corrected chi connectivity index (χ0v) is 17.5. The maximum absolute atomic E-state index is 13.1. The fraction of sp³-hybridized carbons (Fsp3) is 0.286. The first-order chi connectivity index (χ1) is 13.1. The number of nitrogens with one attached hydrogen (secondary N) is 1. The second kappa shape index (κ2) is 7.39. The van der Waals surface area contributed by atoms with Crippen molar-refractivity contribution < 1.29 is 12.8 Å². The van der Waals surface area contributed by atoms with E-state index in [2.05, 4.69) is 9.82 Å². The molecular weight excluding hydrogens is 377 g/mol. The molecule has 1 aromatic heterocycles. The van der Waals surface area contributed by atoms with Crippen molar-refractivity contribution in [3.8, 4) is 0 Å². The molecule has 5 nitrogen and oxygen atoms in total. The number of halogens is 1. The van der Waals surface area contributed by atoms with E-state index in [-0.39, 0.29) is 5.82 Å². The van der Waals surface area contributed by atoms with Crippen LogP contribution in [0.3, 0.4) is 0 Å². The number of aromatic nitrogens is 2. The second-order valence-electron chi connectivity index (χ2n) is 7.16. The molecule has 148 valence electrons. The first-order valence-corrected chi connectivity index (χ1v) is 10.5. The lowest BCUT2D eigenvalue weighted by Crippen LogP contribution is -2.17. The zero-order chi connectivity index (χ0) is 20.6. The Balaban J connectivity index is 1.95. The highest BCUT2D eigenvalue weighted by molar-refractivity contribution is 7.92. The van der Waals surface area contributed by atoms with Crippen LogP contribution in [0.25, 0.3) is 0 Å². The monoisotopic (exact) mass is 401 g/mol. The largest absolute Gasteiger partial charge is 0.276 e. The minimum Gasteiger partial charge on any atom is -0.276 e. The molecule has 0 bridgehead atoms. The van der Waals surface area contributed by atoms with Crippen LogP contribution in [0, 0.1) is 40.4 Å².